The minimum absolute atomic E-state index is 0.285. The third-order valence-corrected chi connectivity index (χ3v) is 8.81. The van der Waals surface area contributed by atoms with E-state index in [-0.39, 0.29) is 5.69 Å². The van der Waals surface area contributed by atoms with Gasteiger partial charge in [0.1, 0.15) is 0 Å². The van der Waals surface area contributed by atoms with E-state index in [4.69, 9.17) is 16.5 Å². The summed E-state index contributed by atoms with van der Waals surface area (Å²) in [6, 6.07) is 46.2. The predicted molar refractivity (Wildman–Crippen MR) is 193 cm³/mol. The van der Waals surface area contributed by atoms with E-state index in [2.05, 4.69) is 133 Å². The Kier molecular flexibility index (Phi) is 6.60. The summed E-state index contributed by atoms with van der Waals surface area (Å²) < 4.78 is 0. The predicted octanol–water partition coefficient (Wildman–Crippen LogP) is 11.3. The first-order valence-corrected chi connectivity index (χ1v) is 15.4. The van der Waals surface area contributed by atoms with Gasteiger partial charge in [0, 0.05) is 27.8 Å². The van der Waals surface area contributed by atoms with Gasteiger partial charge in [0.25, 0.3) is 0 Å². The van der Waals surface area contributed by atoms with Crippen LogP contribution >= 0.6 is 0 Å². The number of benzene rings is 7. The van der Waals surface area contributed by atoms with Crippen molar-refractivity contribution in [2.24, 2.45) is 0 Å². The Morgan fingerprint density at radius 2 is 1.09 bits per heavy atom. The molecule has 0 aliphatic carbocycles. The largest absolute Gasteiger partial charge is 0.311 e. The summed E-state index contributed by atoms with van der Waals surface area (Å²) in [6.07, 6.45) is 0. The molecule has 0 atom stereocenters. The lowest BCUT2D eigenvalue weighted by atomic mass is 9.95. The van der Waals surface area contributed by atoms with Gasteiger partial charge in [0.05, 0.1) is 40.3 Å². The van der Waals surface area contributed by atoms with E-state index < -0.39 is 0 Å². The lowest BCUT2D eigenvalue weighted by Gasteiger charge is -2.26. The minimum Gasteiger partial charge on any atom is -0.311 e. The number of nitrogens with zero attached hydrogens (tertiary/aromatic N) is 5. The number of fused-ring (bicyclic) bond motifs is 7. The molecule has 0 unspecified atom stereocenters. The molecule has 0 fully saturated rings. The molecule has 0 saturated heterocycles. The number of anilines is 3. The number of nitriles is 1. The SMILES string of the molecule is [C-]#[N+]c1cc2nc3c4ccc(-c5ccc(N(c6ccc(C)cc6)c6ccc(C)cc6)cc5)cc4c4ccccc4c3nc2cc1C#N. The molecule has 0 radical (unpaired) electrons. The Labute approximate surface area is 272 Å². The maximum absolute atomic E-state index is 9.58. The summed E-state index contributed by atoms with van der Waals surface area (Å²) in [4.78, 5) is 15.8. The summed E-state index contributed by atoms with van der Waals surface area (Å²) in [5.41, 5.74) is 11.3. The van der Waals surface area contributed by atoms with E-state index in [1.54, 1.807) is 12.1 Å². The molecule has 1 aromatic heterocycles. The second-order valence-electron chi connectivity index (χ2n) is 11.9. The molecule has 0 amide bonds. The standard InChI is InChI=1S/C42H27N5/c1-26-8-15-31(16-9-26)47(32-17-10-27(2)11-18-32)33-19-12-28(13-20-33)29-14-21-36-37(22-29)34-6-4-5-7-35(34)41-42(36)46-40-24-38(44-3)30(25-43)23-39(40)45-41/h4-24H,1-2H3. The van der Waals surface area contributed by atoms with Crippen LogP contribution < -0.4 is 4.90 Å². The maximum Gasteiger partial charge on any atom is 0.206 e. The molecule has 0 N–H and O–H groups in total. The molecule has 47 heavy (non-hydrogen) atoms. The highest BCUT2D eigenvalue weighted by Gasteiger charge is 2.16. The summed E-state index contributed by atoms with van der Waals surface area (Å²) in [5.74, 6) is 0. The highest BCUT2D eigenvalue weighted by molar-refractivity contribution is 6.24. The molecule has 1 heterocycles. The third-order valence-electron chi connectivity index (χ3n) is 8.81. The van der Waals surface area contributed by atoms with Crippen molar-refractivity contribution in [1.29, 1.82) is 5.26 Å². The first-order chi connectivity index (χ1) is 23.0. The van der Waals surface area contributed by atoms with Gasteiger partial charge in [-0.1, -0.05) is 83.9 Å². The first kappa shape index (κ1) is 28.0. The summed E-state index contributed by atoms with van der Waals surface area (Å²) in [7, 11) is 0. The van der Waals surface area contributed by atoms with Crippen molar-refractivity contribution in [3.63, 3.8) is 0 Å². The Bertz CT molecular complexity index is 2540. The minimum atomic E-state index is 0.285. The van der Waals surface area contributed by atoms with Crippen LogP contribution in [0.1, 0.15) is 16.7 Å². The van der Waals surface area contributed by atoms with Crippen LogP contribution in [0.4, 0.5) is 22.7 Å². The summed E-state index contributed by atoms with van der Waals surface area (Å²) in [5, 5.41) is 13.7. The zero-order valence-electron chi connectivity index (χ0n) is 25.9. The van der Waals surface area contributed by atoms with Crippen LogP contribution in [0.25, 0.3) is 59.6 Å². The number of hydrogen-bond acceptors (Lipinski definition) is 4. The van der Waals surface area contributed by atoms with Crippen molar-refractivity contribution >= 4 is 66.4 Å². The molecule has 0 aliphatic rings. The number of aromatic nitrogens is 2. The fraction of sp³-hybridized carbons (Fsp3) is 0.0476. The van der Waals surface area contributed by atoms with E-state index in [1.807, 2.05) is 12.1 Å². The second kappa shape index (κ2) is 11.1. The summed E-state index contributed by atoms with van der Waals surface area (Å²) in [6.45, 7) is 11.7. The van der Waals surface area contributed by atoms with Gasteiger partial charge in [-0.05, 0) is 90.3 Å². The number of aryl methyl sites for hydroxylation is 2. The normalized spacial score (nSPS) is 11.1. The molecule has 8 aromatic rings. The van der Waals surface area contributed by atoms with E-state index in [9.17, 15) is 5.26 Å². The van der Waals surface area contributed by atoms with Crippen molar-refractivity contribution in [2.75, 3.05) is 4.90 Å². The highest BCUT2D eigenvalue weighted by atomic mass is 15.1. The maximum atomic E-state index is 9.58. The highest BCUT2D eigenvalue weighted by Crippen LogP contribution is 2.39. The van der Waals surface area contributed by atoms with Crippen molar-refractivity contribution in [1.82, 2.24) is 9.97 Å². The topological polar surface area (TPSA) is 57.2 Å². The molecule has 0 aliphatic heterocycles. The van der Waals surface area contributed by atoms with E-state index in [0.717, 1.165) is 60.8 Å². The first-order valence-electron chi connectivity index (χ1n) is 15.4. The quantitative estimate of drug-likeness (QED) is 0.114. The van der Waals surface area contributed by atoms with Gasteiger partial charge in [0.2, 0.25) is 5.69 Å². The van der Waals surface area contributed by atoms with Crippen LogP contribution in [0.3, 0.4) is 0 Å². The molecule has 220 valence electrons. The van der Waals surface area contributed by atoms with Crippen LogP contribution in [0, 0.1) is 31.8 Å². The fourth-order valence-electron chi connectivity index (χ4n) is 6.36. The zero-order valence-corrected chi connectivity index (χ0v) is 25.9. The van der Waals surface area contributed by atoms with Gasteiger partial charge < -0.3 is 4.90 Å². The molecule has 5 nitrogen and oxygen atoms in total. The van der Waals surface area contributed by atoms with Crippen molar-refractivity contribution in [3.05, 3.63) is 156 Å². The Hall–Kier alpha value is -6.56. The van der Waals surface area contributed by atoms with Crippen LogP contribution in [-0.2, 0) is 0 Å². The smallest absolute Gasteiger partial charge is 0.206 e. The van der Waals surface area contributed by atoms with Crippen LogP contribution in [0.5, 0.6) is 0 Å². The molecule has 7 aromatic carbocycles. The molecule has 0 saturated carbocycles. The molecular formula is C42H27N5. The molecular weight excluding hydrogens is 574 g/mol. The summed E-state index contributed by atoms with van der Waals surface area (Å²) >= 11 is 0. The van der Waals surface area contributed by atoms with Crippen molar-refractivity contribution < 1.29 is 0 Å². The Morgan fingerprint density at radius 1 is 0.574 bits per heavy atom. The van der Waals surface area contributed by atoms with Crippen LogP contribution in [0.2, 0.25) is 0 Å². The Balaban J connectivity index is 1.27. The van der Waals surface area contributed by atoms with Gasteiger partial charge in [-0.15, -0.1) is 0 Å². The average molecular weight is 602 g/mol. The van der Waals surface area contributed by atoms with Crippen LogP contribution in [-0.4, -0.2) is 9.97 Å². The fourth-order valence-corrected chi connectivity index (χ4v) is 6.36. The number of rotatable bonds is 4. The molecule has 5 heteroatoms. The third kappa shape index (κ3) is 4.79. The lowest BCUT2D eigenvalue weighted by molar-refractivity contribution is 1.27. The molecule has 0 bridgehead atoms. The van der Waals surface area contributed by atoms with E-state index in [0.29, 0.717) is 16.6 Å². The average Bonchev–Trinajstić information content (AvgIpc) is 3.12. The van der Waals surface area contributed by atoms with Crippen molar-refractivity contribution in [3.8, 4) is 17.2 Å². The monoisotopic (exact) mass is 601 g/mol. The van der Waals surface area contributed by atoms with Gasteiger partial charge in [-0.25, -0.2) is 14.8 Å². The van der Waals surface area contributed by atoms with Crippen LogP contribution in [0.15, 0.2) is 127 Å². The number of hydrogen-bond donors (Lipinski definition) is 0. The lowest BCUT2D eigenvalue weighted by Crippen LogP contribution is -2.09. The van der Waals surface area contributed by atoms with E-state index >= 15 is 0 Å². The van der Waals surface area contributed by atoms with Gasteiger partial charge in [-0.2, -0.15) is 5.26 Å². The van der Waals surface area contributed by atoms with E-state index in [1.165, 1.54) is 11.1 Å². The molecule has 8 rings (SSSR count). The van der Waals surface area contributed by atoms with Gasteiger partial charge in [-0.3, -0.25) is 0 Å². The van der Waals surface area contributed by atoms with Gasteiger partial charge in [0.15, 0.2) is 0 Å². The molecule has 0 spiro atoms. The Morgan fingerprint density at radius 3 is 1.66 bits per heavy atom. The second-order valence-corrected chi connectivity index (χ2v) is 11.9. The zero-order chi connectivity index (χ0) is 32.1. The van der Waals surface area contributed by atoms with Gasteiger partial charge >= 0.3 is 0 Å². The van der Waals surface area contributed by atoms with Crippen molar-refractivity contribution in [2.45, 2.75) is 13.8 Å².